The molecule has 3 N–H and O–H groups in total. The molecule has 1 unspecified atom stereocenters. The van der Waals surface area contributed by atoms with Crippen LogP contribution in [0.1, 0.15) is 5.76 Å². The molecule has 0 aliphatic heterocycles. The summed E-state index contributed by atoms with van der Waals surface area (Å²) in [5, 5.41) is 7.76. The minimum Gasteiger partial charge on any atom is -0.447 e. The molecule has 0 aliphatic carbocycles. The van der Waals surface area contributed by atoms with E-state index in [0.29, 0.717) is 25.5 Å². The molecule has 7 nitrogen and oxygen atoms in total. The minimum absolute atomic E-state index is 0.0670. The fraction of sp³-hybridized carbons (Fsp3) is 0.600. The Balaban J connectivity index is 2.42. The van der Waals surface area contributed by atoms with E-state index in [1.165, 1.54) is 6.07 Å². The number of hydrogen-bond donors (Lipinski definition) is 2. The van der Waals surface area contributed by atoms with Crippen LogP contribution >= 0.6 is 0 Å². The van der Waals surface area contributed by atoms with Crippen LogP contribution in [0.3, 0.4) is 0 Å². The van der Waals surface area contributed by atoms with Crippen molar-refractivity contribution < 1.29 is 22.3 Å². The highest BCUT2D eigenvalue weighted by atomic mass is 32.2. The summed E-state index contributed by atoms with van der Waals surface area (Å²) in [6.07, 6.45) is -0.0670. The second kappa shape index (κ2) is 6.86. The van der Waals surface area contributed by atoms with Gasteiger partial charge in [0.2, 0.25) is 5.09 Å². The largest absolute Gasteiger partial charge is 0.447 e. The van der Waals surface area contributed by atoms with Crippen molar-refractivity contribution in [3.63, 3.8) is 0 Å². The average molecular weight is 278 g/mol. The predicted octanol–water partition coefficient (Wildman–Crippen LogP) is -0.322. The van der Waals surface area contributed by atoms with E-state index < -0.39 is 10.0 Å². The van der Waals surface area contributed by atoms with Gasteiger partial charge in [-0.1, -0.05) is 0 Å². The summed E-state index contributed by atoms with van der Waals surface area (Å²) >= 11 is 0. The Morgan fingerprint density at radius 2 is 2.17 bits per heavy atom. The average Bonchev–Trinajstić information content (AvgIpc) is 2.76. The van der Waals surface area contributed by atoms with Gasteiger partial charge in [0.25, 0.3) is 10.0 Å². The second-order valence-corrected chi connectivity index (χ2v) is 5.20. The Morgan fingerprint density at radius 1 is 1.44 bits per heavy atom. The van der Waals surface area contributed by atoms with Crippen molar-refractivity contribution in [2.75, 3.05) is 27.4 Å². The van der Waals surface area contributed by atoms with Gasteiger partial charge in [0.1, 0.15) is 5.76 Å². The van der Waals surface area contributed by atoms with Gasteiger partial charge in [0.15, 0.2) is 0 Å². The number of ether oxygens (including phenoxy) is 2. The molecule has 1 rings (SSSR count). The normalized spacial score (nSPS) is 13.7. The van der Waals surface area contributed by atoms with E-state index in [9.17, 15) is 8.42 Å². The first-order valence-corrected chi connectivity index (χ1v) is 6.86. The summed E-state index contributed by atoms with van der Waals surface area (Å²) < 4.78 is 37.2. The summed E-state index contributed by atoms with van der Waals surface area (Å²) in [5.41, 5.74) is 0. The van der Waals surface area contributed by atoms with Crippen molar-refractivity contribution in [3.8, 4) is 0 Å². The molecule has 0 aromatic carbocycles. The molecule has 1 aromatic heterocycles. The Bertz CT molecular complexity index is 457. The second-order valence-electron chi connectivity index (χ2n) is 3.71. The van der Waals surface area contributed by atoms with Crippen molar-refractivity contribution >= 4 is 10.0 Å². The van der Waals surface area contributed by atoms with Crippen LogP contribution in [0.4, 0.5) is 0 Å². The van der Waals surface area contributed by atoms with E-state index in [1.54, 1.807) is 20.3 Å². The lowest BCUT2D eigenvalue weighted by Crippen LogP contribution is -2.31. The van der Waals surface area contributed by atoms with Crippen LogP contribution in [0, 0.1) is 0 Å². The topological polar surface area (TPSA) is 104 Å². The number of rotatable bonds is 8. The molecule has 0 radical (unpaired) electrons. The van der Waals surface area contributed by atoms with Crippen LogP contribution in [0.25, 0.3) is 0 Å². The number of nitrogens with two attached hydrogens (primary N) is 1. The van der Waals surface area contributed by atoms with Crippen molar-refractivity contribution in [2.45, 2.75) is 17.7 Å². The molecule has 0 saturated carbocycles. The third-order valence-electron chi connectivity index (χ3n) is 2.27. The Morgan fingerprint density at radius 3 is 2.67 bits per heavy atom. The lowest BCUT2D eigenvalue weighted by Gasteiger charge is -2.14. The van der Waals surface area contributed by atoms with E-state index in [-0.39, 0.29) is 11.2 Å². The van der Waals surface area contributed by atoms with E-state index in [0.717, 1.165) is 0 Å². The van der Waals surface area contributed by atoms with Gasteiger partial charge >= 0.3 is 0 Å². The molecule has 1 atom stereocenters. The smallest absolute Gasteiger partial charge is 0.271 e. The number of nitrogens with one attached hydrogen (secondary N) is 1. The number of primary sulfonamides is 1. The van der Waals surface area contributed by atoms with Gasteiger partial charge in [-0.3, -0.25) is 0 Å². The highest BCUT2D eigenvalue weighted by Crippen LogP contribution is 2.11. The fourth-order valence-corrected chi connectivity index (χ4v) is 1.84. The zero-order valence-electron chi connectivity index (χ0n) is 10.4. The number of furan rings is 1. The Kier molecular flexibility index (Phi) is 5.76. The molecule has 0 saturated heterocycles. The maximum atomic E-state index is 11.0. The first kappa shape index (κ1) is 15.1. The lowest BCUT2D eigenvalue weighted by molar-refractivity contribution is 0.0285. The molecule has 18 heavy (non-hydrogen) atoms. The van der Waals surface area contributed by atoms with E-state index in [1.807, 2.05) is 0 Å². The molecule has 8 heteroatoms. The van der Waals surface area contributed by atoms with Crippen LogP contribution in [-0.4, -0.2) is 41.9 Å². The van der Waals surface area contributed by atoms with Gasteiger partial charge < -0.3 is 19.2 Å². The van der Waals surface area contributed by atoms with Gasteiger partial charge in [0.05, 0.1) is 19.3 Å². The van der Waals surface area contributed by atoms with Crippen LogP contribution in [-0.2, 0) is 26.0 Å². The van der Waals surface area contributed by atoms with E-state index in [4.69, 9.17) is 19.0 Å². The van der Waals surface area contributed by atoms with Gasteiger partial charge in [-0.15, -0.1) is 0 Å². The minimum atomic E-state index is -3.78. The monoisotopic (exact) mass is 278 g/mol. The molecule has 0 aliphatic rings. The fourth-order valence-electron chi connectivity index (χ4n) is 1.36. The molecule has 0 spiro atoms. The summed E-state index contributed by atoms with van der Waals surface area (Å²) in [7, 11) is -0.587. The van der Waals surface area contributed by atoms with Crippen LogP contribution in [0.15, 0.2) is 21.6 Å². The highest BCUT2D eigenvalue weighted by Gasteiger charge is 2.13. The lowest BCUT2D eigenvalue weighted by atomic mass is 10.3. The number of sulfonamides is 1. The summed E-state index contributed by atoms with van der Waals surface area (Å²) in [6, 6.07) is 2.89. The third kappa shape index (κ3) is 4.75. The first-order valence-electron chi connectivity index (χ1n) is 5.31. The van der Waals surface area contributed by atoms with E-state index >= 15 is 0 Å². The zero-order chi connectivity index (χ0) is 13.6. The van der Waals surface area contributed by atoms with Gasteiger partial charge in [-0.25, -0.2) is 13.6 Å². The molecule has 104 valence electrons. The number of hydrogen-bond acceptors (Lipinski definition) is 6. The Labute approximate surface area is 106 Å². The molecule has 0 bridgehead atoms. The molecule has 0 fully saturated rings. The van der Waals surface area contributed by atoms with Crippen LogP contribution in [0.5, 0.6) is 0 Å². The maximum Gasteiger partial charge on any atom is 0.271 e. The Hall–Kier alpha value is -0.930. The summed E-state index contributed by atoms with van der Waals surface area (Å²) in [5.74, 6) is 0.492. The predicted molar refractivity (Wildman–Crippen MR) is 64.5 cm³/mol. The van der Waals surface area contributed by atoms with Crippen molar-refractivity contribution in [2.24, 2.45) is 5.14 Å². The molecule has 0 amide bonds. The summed E-state index contributed by atoms with van der Waals surface area (Å²) in [4.78, 5) is 0. The van der Waals surface area contributed by atoms with Gasteiger partial charge in [-0.05, 0) is 12.1 Å². The summed E-state index contributed by atoms with van der Waals surface area (Å²) in [6.45, 7) is 1.43. The third-order valence-corrected chi connectivity index (χ3v) is 3.05. The van der Waals surface area contributed by atoms with Crippen LogP contribution in [0.2, 0.25) is 0 Å². The maximum absolute atomic E-state index is 11.0. The van der Waals surface area contributed by atoms with E-state index in [2.05, 4.69) is 5.32 Å². The van der Waals surface area contributed by atoms with Crippen molar-refractivity contribution in [3.05, 3.63) is 17.9 Å². The quantitative estimate of drug-likeness (QED) is 0.675. The molecule has 1 heterocycles. The number of methoxy groups -OCH3 is 2. The van der Waals surface area contributed by atoms with Crippen molar-refractivity contribution in [1.29, 1.82) is 0 Å². The standard InChI is InChI=1S/C10H18N2O5S/c1-15-7-9(16-2)6-12-5-8-3-4-10(17-8)18(11,13)14/h3-4,9,12H,5-7H2,1-2H3,(H2,11,13,14). The zero-order valence-corrected chi connectivity index (χ0v) is 11.2. The molecular weight excluding hydrogens is 260 g/mol. The van der Waals surface area contributed by atoms with Gasteiger partial charge in [0, 0.05) is 20.8 Å². The highest BCUT2D eigenvalue weighted by molar-refractivity contribution is 7.89. The SMILES string of the molecule is COCC(CNCc1ccc(S(N)(=O)=O)o1)OC. The first-order chi connectivity index (χ1) is 8.47. The van der Waals surface area contributed by atoms with Gasteiger partial charge in [-0.2, -0.15) is 0 Å². The molecule has 1 aromatic rings. The van der Waals surface area contributed by atoms with Crippen molar-refractivity contribution in [1.82, 2.24) is 5.32 Å². The molecular formula is C10H18N2O5S. The van der Waals surface area contributed by atoms with Crippen LogP contribution < -0.4 is 10.5 Å².